The highest BCUT2D eigenvalue weighted by Gasteiger charge is 2.11. The first-order chi connectivity index (χ1) is 12.5. The van der Waals surface area contributed by atoms with Gasteiger partial charge in [0, 0.05) is 5.56 Å². The van der Waals surface area contributed by atoms with Crippen LogP contribution in [0.2, 0.25) is 10.0 Å². The van der Waals surface area contributed by atoms with Gasteiger partial charge < -0.3 is 14.8 Å². The fraction of sp³-hybridized carbons (Fsp3) is 0.167. The van der Waals surface area contributed by atoms with Crippen molar-refractivity contribution in [3.8, 4) is 0 Å². The van der Waals surface area contributed by atoms with Crippen LogP contribution in [0.4, 0.5) is 0 Å². The molecule has 0 unspecified atom stereocenters. The van der Waals surface area contributed by atoms with Gasteiger partial charge in [-0.3, -0.25) is 9.59 Å². The van der Waals surface area contributed by atoms with Gasteiger partial charge in [-0.15, -0.1) is 0 Å². The van der Waals surface area contributed by atoms with Crippen molar-refractivity contribution in [3.63, 3.8) is 0 Å². The molecule has 6 nitrogen and oxygen atoms in total. The van der Waals surface area contributed by atoms with E-state index in [0.29, 0.717) is 10.6 Å². The summed E-state index contributed by atoms with van der Waals surface area (Å²) in [5, 5.41) is 2.96. The molecular formula is C18H15Cl2NO5. The van der Waals surface area contributed by atoms with Crippen LogP contribution in [0, 0.1) is 0 Å². The Hall–Kier alpha value is -2.57. The summed E-state index contributed by atoms with van der Waals surface area (Å²) in [6, 6.07) is 12.8. The molecule has 0 saturated heterocycles. The number of carbonyl (C=O) groups is 3. The number of nitrogens with one attached hydrogen (secondary N) is 1. The summed E-state index contributed by atoms with van der Waals surface area (Å²) >= 11 is 11.6. The molecule has 136 valence electrons. The topological polar surface area (TPSA) is 81.7 Å². The van der Waals surface area contributed by atoms with Crippen molar-refractivity contribution >= 4 is 41.0 Å². The van der Waals surface area contributed by atoms with Gasteiger partial charge in [0.15, 0.2) is 0 Å². The average molecular weight is 396 g/mol. The zero-order valence-electron chi connectivity index (χ0n) is 13.5. The molecule has 2 rings (SSSR count). The number of esters is 2. The fourth-order valence-corrected chi connectivity index (χ4v) is 2.19. The third-order valence-electron chi connectivity index (χ3n) is 3.16. The Kier molecular flexibility index (Phi) is 7.44. The van der Waals surface area contributed by atoms with E-state index in [2.05, 4.69) is 5.32 Å². The number of halogens is 2. The summed E-state index contributed by atoms with van der Waals surface area (Å²) in [4.78, 5) is 35.2. The zero-order chi connectivity index (χ0) is 18.9. The second-order valence-corrected chi connectivity index (χ2v) is 5.85. The summed E-state index contributed by atoms with van der Waals surface area (Å²) in [5.74, 6) is -1.65. The molecule has 0 atom stereocenters. The average Bonchev–Trinajstić information content (AvgIpc) is 2.66. The van der Waals surface area contributed by atoms with E-state index in [1.165, 1.54) is 18.2 Å². The maximum atomic E-state index is 11.9. The fourth-order valence-electron chi connectivity index (χ4n) is 1.89. The molecule has 0 spiro atoms. The van der Waals surface area contributed by atoms with Crippen LogP contribution in [0.1, 0.15) is 20.7 Å². The number of ether oxygens (including phenoxy) is 2. The number of benzene rings is 2. The molecule has 0 aliphatic carbocycles. The van der Waals surface area contributed by atoms with Gasteiger partial charge >= 0.3 is 11.9 Å². The van der Waals surface area contributed by atoms with Crippen molar-refractivity contribution in [3.05, 3.63) is 69.7 Å². The van der Waals surface area contributed by atoms with E-state index in [1.54, 1.807) is 30.3 Å². The summed E-state index contributed by atoms with van der Waals surface area (Å²) in [6.45, 7) is -0.522. The number of hydrogen-bond acceptors (Lipinski definition) is 5. The first kappa shape index (κ1) is 19.8. The quantitative estimate of drug-likeness (QED) is 0.575. The minimum absolute atomic E-state index is 0.0831. The van der Waals surface area contributed by atoms with Gasteiger partial charge in [0.2, 0.25) is 0 Å². The standard InChI is InChI=1S/C18H15Cl2NO5/c19-14-7-6-13(10-15(14)20)17(23)21-11-16(22)25-8-9-26-18(24)12-4-2-1-3-5-12/h1-7,10H,8-9,11H2,(H,21,23). The Labute approximate surface area is 160 Å². The summed E-state index contributed by atoms with van der Waals surface area (Å²) < 4.78 is 9.85. The number of hydrogen-bond donors (Lipinski definition) is 1. The van der Waals surface area contributed by atoms with E-state index in [4.69, 9.17) is 32.7 Å². The molecule has 1 amide bonds. The molecule has 0 aliphatic heterocycles. The van der Waals surface area contributed by atoms with Crippen molar-refractivity contribution in [2.24, 2.45) is 0 Å². The lowest BCUT2D eigenvalue weighted by Gasteiger charge is -2.08. The third-order valence-corrected chi connectivity index (χ3v) is 3.90. The maximum absolute atomic E-state index is 11.9. The molecule has 26 heavy (non-hydrogen) atoms. The second kappa shape index (κ2) is 9.79. The van der Waals surface area contributed by atoms with Crippen LogP contribution in [-0.2, 0) is 14.3 Å². The smallest absolute Gasteiger partial charge is 0.338 e. The minimum Gasteiger partial charge on any atom is -0.461 e. The van der Waals surface area contributed by atoms with Crippen LogP contribution < -0.4 is 5.32 Å². The van der Waals surface area contributed by atoms with Gasteiger partial charge in [0.25, 0.3) is 5.91 Å². The van der Waals surface area contributed by atoms with E-state index < -0.39 is 17.8 Å². The van der Waals surface area contributed by atoms with E-state index in [-0.39, 0.29) is 30.3 Å². The predicted octanol–water partition coefficient (Wildman–Crippen LogP) is 3.12. The zero-order valence-corrected chi connectivity index (χ0v) is 15.0. The van der Waals surface area contributed by atoms with Crippen molar-refractivity contribution in [2.75, 3.05) is 19.8 Å². The number of carbonyl (C=O) groups excluding carboxylic acids is 3. The molecule has 2 aromatic carbocycles. The van der Waals surface area contributed by atoms with Crippen LogP contribution in [0.15, 0.2) is 48.5 Å². The number of amides is 1. The third kappa shape index (κ3) is 6.06. The van der Waals surface area contributed by atoms with Crippen LogP contribution >= 0.6 is 23.2 Å². The summed E-state index contributed by atoms with van der Waals surface area (Å²) in [6.07, 6.45) is 0. The van der Waals surface area contributed by atoms with E-state index >= 15 is 0 Å². The van der Waals surface area contributed by atoms with E-state index in [9.17, 15) is 14.4 Å². The molecule has 0 heterocycles. The largest absolute Gasteiger partial charge is 0.461 e. The second-order valence-electron chi connectivity index (χ2n) is 5.03. The Bertz CT molecular complexity index is 795. The Balaban J connectivity index is 1.66. The van der Waals surface area contributed by atoms with Crippen molar-refractivity contribution in [1.82, 2.24) is 5.32 Å². The van der Waals surface area contributed by atoms with Crippen LogP contribution in [-0.4, -0.2) is 37.6 Å². The van der Waals surface area contributed by atoms with Gasteiger partial charge in [-0.2, -0.15) is 0 Å². The molecule has 0 radical (unpaired) electrons. The predicted molar refractivity (Wildman–Crippen MR) is 96.5 cm³/mol. The molecule has 2 aromatic rings. The van der Waals surface area contributed by atoms with Crippen LogP contribution in [0.5, 0.6) is 0 Å². The van der Waals surface area contributed by atoms with Gasteiger partial charge in [0.1, 0.15) is 19.8 Å². The van der Waals surface area contributed by atoms with Crippen molar-refractivity contribution in [1.29, 1.82) is 0 Å². The SMILES string of the molecule is O=C(CNC(=O)c1ccc(Cl)c(Cl)c1)OCCOC(=O)c1ccccc1. The Morgan fingerprint density at radius 3 is 2.23 bits per heavy atom. The lowest BCUT2D eigenvalue weighted by atomic mass is 10.2. The molecule has 0 saturated carbocycles. The summed E-state index contributed by atoms with van der Waals surface area (Å²) in [5.41, 5.74) is 0.678. The molecule has 1 N–H and O–H groups in total. The van der Waals surface area contributed by atoms with Crippen LogP contribution in [0.3, 0.4) is 0 Å². The van der Waals surface area contributed by atoms with Crippen molar-refractivity contribution < 1.29 is 23.9 Å². The van der Waals surface area contributed by atoms with Gasteiger partial charge in [-0.05, 0) is 30.3 Å². The van der Waals surface area contributed by atoms with Gasteiger partial charge in [-0.25, -0.2) is 4.79 Å². The molecule has 0 bridgehead atoms. The summed E-state index contributed by atoms with van der Waals surface area (Å²) in [7, 11) is 0. The molecule has 0 fully saturated rings. The number of rotatable bonds is 7. The monoisotopic (exact) mass is 395 g/mol. The first-order valence-electron chi connectivity index (χ1n) is 7.58. The van der Waals surface area contributed by atoms with Crippen molar-refractivity contribution in [2.45, 2.75) is 0 Å². The van der Waals surface area contributed by atoms with E-state index in [1.807, 2.05) is 0 Å². The van der Waals surface area contributed by atoms with Crippen LogP contribution in [0.25, 0.3) is 0 Å². The minimum atomic E-state index is -0.658. The van der Waals surface area contributed by atoms with E-state index in [0.717, 1.165) is 0 Å². The molecule has 0 aromatic heterocycles. The lowest BCUT2D eigenvalue weighted by Crippen LogP contribution is -2.31. The molecular weight excluding hydrogens is 381 g/mol. The molecule has 8 heteroatoms. The highest BCUT2D eigenvalue weighted by atomic mass is 35.5. The van der Waals surface area contributed by atoms with Gasteiger partial charge in [0.05, 0.1) is 15.6 Å². The highest BCUT2D eigenvalue weighted by Crippen LogP contribution is 2.22. The van der Waals surface area contributed by atoms with Gasteiger partial charge in [-0.1, -0.05) is 41.4 Å². The Morgan fingerprint density at radius 1 is 0.846 bits per heavy atom. The highest BCUT2D eigenvalue weighted by molar-refractivity contribution is 6.42. The lowest BCUT2D eigenvalue weighted by molar-refractivity contribution is -0.143. The molecule has 0 aliphatic rings. The first-order valence-corrected chi connectivity index (χ1v) is 8.34. The Morgan fingerprint density at radius 2 is 1.54 bits per heavy atom. The maximum Gasteiger partial charge on any atom is 0.338 e. The normalized spacial score (nSPS) is 10.1.